The Kier molecular flexibility index (Phi) is 0.708. The van der Waals surface area contributed by atoms with Gasteiger partial charge < -0.3 is 5.11 Å². The van der Waals surface area contributed by atoms with Crippen molar-refractivity contribution in [1.29, 1.82) is 0 Å². The lowest BCUT2D eigenvalue weighted by Crippen LogP contribution is -2.19. The molecule has 58 valence electrons. The zero-order chi connectivity index (χ0) is 7.75. The van der Waals surface area contributed by atoms with E-state index < -0.39 is 5.97 Å². The second-order valence-electron chi connectivity index (χ2n) is 3.88. The molecule has 4 aliphatic rings. The van der Waals surface area contributed by atoms with Gasteiger partial charge in [0.25, 0.3) is 0 Å². The maximum Gasteiger partial charge on any atom is 0.307 e. The predicted octanol–water partition coefficient (Wildman–Crippen LogP) is 0.152. The van der Waals surface area contributed by atoms with Crippen LogP contribution in [0.25, 0.3) is 0 Å². The Bertz CT molecular complexity index is 271. The Balaban J connectivity index is 2.03. The Hall–Kier alpha value is -0.860. The number of carboxylic acids is 1. The Morgan fingerprint density at radius 1 is 1.55 bits per heavy atom. The smallest absolute Gasteiger partial charge is 0.307 e. The van der Waals surface area contributed by atoms with Crippen LogP contribution >= 0.6 is 0 Å². The molecule has 2 unspecified atom stereocenters. The molecule has 0 saturated heterocycles. The van der Waals surface area contributed by atoms with Crippen LogP contribution in [-0.2, 0) is 9.59 Å². The molecule has 11 heavy (non-hydrogen) atoms. The quantitative estimate of drug-likeness (QED) is 0.582. The number of rotatable bonds is 1. The molecule has 0 amide bonds. The summed E-state index contributed by atoms with van der Waals surface area (Å²) in [5, 5.41) is 8.77. The fourth-order valence-electron chi connectivity index (χ4n) is 3.18. The molecular formula is C8H8O3. The van der Waals surface area contributed by atoms with E-state index in [0.29, 0.717) is 5.92 Å². The summed E-state index contributed by atoms with van der Waals surface area (Å²) < 4.78 is 0. The molecule has 0 aliphatic heterocycles. The first kappa shape index (κ1) is 5.75. The van der Waals surface area contributed by atoms with Gasteiger partial charge in [0, 0.05) is 11.8 Å². The fraction of sp³-hybridized carbons (Fsp3) is 0.750. The minimum Gasteiger partial charge on any atom is -0.481 e. The fourth-order valence-corrected chi connectivity index (χ4v) is 3.18. The summed E-state index contributed by atoms with van der Waals surface area (Å²) in [6.45, 7) is 0. The molecule has 4 aliphatic carbocycles. The molecule has 0 aromatic heterocycles. The monoisotopic (exact) mass is 152 g/mol. The van der Waals surface area contributed by atoms with Gasteiger partial charge in [0.15, 0.2) is 0 Å². The minimum atomic E-state index is -0.754. The van der Waals surface area contributed by atoms with E-state index in [1.807, 2.05) is 0 Å². The van der Waals surface area contributed by atoms with E-state index in [1.54, 1.807) is 0 Å². The number of carbonyl (C=O) groups excluding carboxylic acids is 1. The lowest BCUT2D eigenvalue weighted by Gasteiger charge is -2.05. The van der Waals surface area contributed by atoms with Crippen molar-refractivity contribution in [1.82, 2.24) is 0 Å². The van der Waals surface area contributed by atoms with E-state index in [1.165, 1.54) is 0 Å². The van der Waals surface area contributed by atoms with Crippen LogP contribution in [-0.4, -0.2) is 16.9 Å². The van der Waals surface area contributed by atoms with Crippen LogP contribution in [0.1, 0.15) is 6.42 Å². The van der Waals surface area contributed by atoms with Gasteiger partial charge >= 0.3 is 5.97 Å². The summed E-state index contributed by atoms with van der Waals surface area (Å²) in [4.78, 5) is 21.9. The van der Waals surface area contributed by atoms with Gasteiger partial charge in [-0.2, -0.15) is 0 Å². The van der Waals surface area contributed by atoms with Crippen molar-refractivity contribution in [3.63, 3.8) is 0 Å². The van der Waals surface area contributed by atoms with Crippen LogP contribution in [0.15, 0.2) is 0 Å². The summed E-state index contributed by atoms with van der Waals surface area (Å²) >= 11 is 0. The number of aliphatic carboxylic acids is 1. The van der Waals surface area contributed by atoms with E-state index in [-0.39, 0.29) is 29.5 Å². The first-order valence-corrected chi connectivity index (χ1v) is 3.98. The van der Waals surface area contributed by atoms with E-state index in [2.05, 4.69) is 0 Å². The normalized spacial score (nSPS) is 56.7. The van der Waals surface area contributed by atoms with Gasteiger partial charge in [-0.15, -0.1) is 0 Å². The topological polar surface area (TPSA) is 54.4 Å². The number of carbonyl (C=O) groups is 2. The summed E-state index contributed by atoms with van der Waals surface area (Å²) in [6, 6.07) is 0. The third kappa shape index (κ3) is 0.424. The largest absolute Gasteiger partial charge is 0.481 e. The highest BCUT2D eigenvalue weighted by Gasteiger charge is 2.75. The highest BCUT2D eigenvalue weighted by molar-refractivity contribution is 5.98. The van der Waals surface area contributed by atoms with Crippen LogP contribution in [0.3, 0.4) is 0 Å². The molecule has 1 N–H and O–H groups in total. The molecule has 3 heteroatoms. The number of hydrogen-bond donors (Lipinski definition) is 1. The maximum absolute atomic E-state index is 11.2. The first-order valence-electron chi connectivity index (χ1n) is 3.98. The lowest BCUT2D eigenvalue weighted by molar-refractivity contribution is -0.144. The molecule has 0 aromatic carbocycles. The van der Waals surface area contributed by atoms with Gasteiger partial charge in [-0.25, -0.2) is 0 Å². The molecule has 3 nitrogen and oxygen atoms in total. The lowest BCUT2D eigenvalue weighted by atomic mass is 9.98. The third-order valence-electron chi connectivity index (χ3n) is 3.58. The van der Waals surface area contributed by atoms with Crippen molar-refractivity contribution in [3.05, 3.63) is 0 Å². The highest BCUT2D eigenvalue weighted by Crippen LogP contribution is 2.71. The minimum absolute atomic E-state index is 0.104. The van der Waals surface area contributed by atoms with Gasteiger partial charge in [-0.1, -0.05) is 0 Å². The van der Waals surface area contributed by atoms with Crippen LogP contribution in [0, 0.1) is 29.6 Å². The molecule has 0 spiro atoms. The van der Waals surface area contributed by atoms with Gasteiger partial charge in [0.05, 0.1) is 5.92 Å². The summed E-state index contributed by atoms with van der Waals surface area (Å²) in [5.41, 5.74) is 0. The van der Waals surface area contributed by atoms with Crippen LogP contribution in [0.4, 0.5) is 0 Å². The standard InChI is InChI=1S/C8H8O3/c9-7-3-1-2-4(5(2)7)6(3)8(10)11/h2-6H,1H2,(H,10,11)/t2?,3-,4-,5?,6+/m0/s1. The SMILES string of the molecule is O=C(O)[C@H]1[C@H]2C3C[C@@H]1C(=O)C32. The maximum atomic E-state index is 11.2. The Morgan fingerprint density at radius 3 is 2.45 bits per heavy atom. The van der Waals surface area contributed by atoms with Crippen molar-refractivity contribution >= 4 is 11.8 Å². The van der Waals surface area contributed by atoms with E-state index in [4.69, 9.17) is 5.11 Å². The van der Waals surface area contributed by atoms with Crippen molar-refractivity contribution in [2.45, 2.75) is 6.42 Å². The molecule has 4 fully saturated rings. The second kappa shape index (κ2) is 1.36. The predicted molar refractivity (Wildman–Crippen MR) is 34.7 cm³/mol. The van der Waals surface area contributed by atoms with Gasteiger partial charge in [-0.3, -0.25) is 9.59 Å². The zero-order valence-corrected chi connectivity index (χ0v) is 5.86. The third-order valence-corrected chi connectivity index (χ3v) is 3.58. The molecule has 0 radical (unpaired) electrons. The Morgan fingerprint density at radius 2 is 2.27 bits per heavy atom. The van der Waals surface area contributed by atoms with E-state index >= 15 is 0 Å². The number of carboxylic acid groups (broad SMARTS) is 1. The summed E-state index contributed by atoms with van der Waals surface area (Å²) in [7, 11) is 0. The van der Waals surface area contributed by atoms with E-state index in [0.717, 1.165) is 6.42 Å². The van der Waals surface area contributed by atoms with Crippen LogP contribution in [0.5, 0.6) is 0 Å². The molecule has 0 aromatic rings. The number of ketones is 1. The van der Waals surface area contributed by atoms with Crippen molar-refractivity contribution in [2.24, 2.45) is 29.6 Å². The summed E-state index contributed by atoms with van der Waals surface area (Å²) in [5.74, 6) is -0.0482. The summed E-state index contributed by atoms with van der Waals surface area (Å²) in [6.07, 6.45) is 0.866. The second-order valence-corrected chi connectivity index (χ2v) is 3.88. The molecular weight excluding hydrogens is 144 g/mol. The number of hydrogen-bond acceptors (Lipinski definition) is 2. The van der Waals surface area contributed by atoms with Crippen LogP contribution in [0.2, 0.25) is 0 Å². The van der Waals surface area contributed by atoms with Crippen molar-refractivity contribution in [2.75, 3.05) is 0 Å². The first-order chi connectivity index (χ1) is 5.22. The highest BCUT2D eigenvalue weighted by atomic mass is 16.4. The van der Waals surface area contributed by atoms with Crippen molar-refractivity contribution in [3.8, 4) is 0 Å². The van der Waals surface area contributed by atoms with Crippen molar-refractivity contribution < 1.29 is 14.7 Å². The zero-order valence-electron chi connectivity index (χ0n) is 5.86. The average Bonchev–Trinajstić information content (AvgIpc) is 2.33. The Labute approximate surface area is 63.4 Å². The molecule has 4 rings (SSSR count). The van der Waals surface area contributed by atoms with Gasteiger partial charge in [-0.05, 0) is 18.3 Å². The molecule has 4 bridgehead atoms. The molecule has 5 atom stereocenters. The van der Waals surface area contributed by atoms with E-state index in [9.17, 15) is 9.59 Å². The van der Waals surface area contributed by atoms with Crippen LogP contribution < -0.4 is 0 Å². The average molecular weight is 152 g/mol. The molecule has 4 saturated carbocycles. The van der Waals surface area contributed by atoms with Gasteiger partial charge in [0.1, 0.15) is 5.78 Å². The number of Topliss-reactive ketones (excluding diaryl/α,β-unsaturated/α-hetero) is 1. The van der Waals surface area contributed by atoms with Gasteiger partial charge in [0.2, 0.25) is 0 Å². The molecule has 0 heterocycles.